The van der Waals surface area contributed by atoms with Gasteiger partial charge in [-0.1, -0.05) is 30.3 Å². The van der Waals surface area contributed by atoms with Gasteiger partial charge in [-0.05, 0) is 41.3 Å². The van der Waals surface area contributed by atoms with Crippen molar-refractivity contribution in [2.45, 2.75) is 32.5 Å². The van der Waals surface area contributed by atoms with E-state index in [2.05, 4.69) is 44.3 Å². The van der Waals surface area contributed by atoms with Crippen molar-refractivity contribution in [2.24, 2.45) is 0 Å². The molecule has 5 nitrogen and oxygen atoms in total. The molecule has 2 aromatic carbocycles. The summed E-state index contributed by atoms with van der Waals surface area (Å²) in [5.41, 5.74) is 4.26. The predicted molar refractivity (Wildman–Crippen MR) is 103 cm³/mol. The number of rotatable bonds is 3. The van der Waals surface area contributed by atoms with Gasteiger partial charge in [0.2, 0.25) is 11.8 Å². The van der Waals surface area contributed by atoms with Gasteiger partial charge in [-0.15, -0.1) is 10.2 Å². The molecule has 0 amide bonds. The number of hydrogen-bond donors (Lipinski definition) is 0. The number of benzene rings is 2. The monoisotopic (exact) mass is 374 g/mol. The van der Waals surface area contributed by atoms with Crippen LogP contribution in [0.4, 0.5) is 4.39 Å². The zero-order valence-corrected chi connectivity index (χ0v) is 15.5. The van der Waals surface area contributed by atoms with E-state index >= 15 is 0 Å². The van der Waals surface area contributed by atoms with Crippen LogP contribution in [0.25, 0.3) is 10.9 Å². The van der Waals surface area contributed by atoms with Gasteiger partial charge in [-0.25, -0.2) is 4.39 Å². The van der Waals surface area contributed by atoms with Crippen LogP contribution in [0.1, 0.15) is 34.5 Å². The van der Waals surface area contributed by atoms with E-state index in [1.807, 2.05) is 6.07 Å². The average Bonchev–Trinajstić information content (AvgIpc) is 3.16. The largest absolute Gasteiger partial charge is 0.424 e. The standard InChI is InChI=1S/C22H19FN4O/c1-14-25-26-22(28-14)20-11-15-5-2-3-6-16(15)12-27(20)13-17-8-9-19(23)18-7-4-10-24-21(17)18/h2-10,20H,11-13H2,1H3. The van der Waals surface area contributed by atoms with E-state index in [0.717, 1.165) is 18.5 Å². The molecule has 0 N–H and O–H groups in total. The summed E-state index contributed by atoms with van der Waals surface area (Å²) in [6.45, 7) is 3.18. The Bertz CT molecular complexity index is 1160. The Balaban J connectivity index is 1.56. The highest BCUT2D eigenvalue weighted by Crippen LogP contribution is 2.34. The Morgan fingerprint density at radius 1 is 1.07 bits per heavy atom. The first kappa shape index (κ1) is 17.0. The fraction of sp³-hybridized carbons (Fsp3) is 0.227. The topological polar surface area (TPSA) is 55.1 Å². The van der Waals surface area contributed by atoms with Gasteiger partial charge in [0.05, 0.1) is 11.6 Å². The van der Waals surface area contributed by atoms with Gasteiger partial charge in [0.25, 0.3) is 0 Å². The van der Waals surface area contributed by atoms with Gasteiger partial charge in [-0.3, -0.25) is 9.88 Å². The van der Waals surface area contributed by atoms with Gasteiger partial charge < -0.3 is 4.42 Å². The minimum atomic E-state index is -0.250. The van der Waals surface area contributed by atoms with Crippen LogP contribution >= 0.6 is 0 Å². The maximum Gasteiger partial charge on any atom is 0.233 e. The lowest BCUT2D eigenvalue weighted by Crippen LogP contribution is -2.34. The summed E-state index contributed by atoms with van der Waals surface area (Å²) in [7, 11) is 0. The lowest BCUT2D eigenvalue weighted by Gasteiger charge is -2.35. The Labute approximate surface area is 161 Å². The normalized spacial score (nSPS) is 17.0. The molecule has 3 heterocycles. The van der Waals surface area contributed by atoms with Crippen LogP contribution in [-0.2, 0) is 19.5 Å². The Hall–Kier alpha value is -3.12. The second kappa shape index (κ2) is 6.80. The summed E-state index contributed by atoms with van der Waals surface area (Å²) < 4.78 is 20.0. The van der Waals surface area contributed by atoms with Crippen molar-refractivity contribution in [2.75, 3.05) is 0 Å². The first-order valence-electron chi connectivity index (χ1n) is 9.32. The van der Waals surface area contributed by atoms with Gasteiger partial charge in [-0.2, -0.15) is 0 Å². The molecule has 0 bridgehead atoms. The van der Waals surface area contributed by atoms with E-state index in [-0.39, 0.29) is 11.9 Å². The third-order valence-electron chi connectivity index (χ3n) is 5.35. The first-order chi connectivity index (χ1) is 13.7. The number of hydrogen-bond acceptors (Lipinski definition) is 5. The maximum absolute atomic E-state index is 14.2. The van der Waals surface area contributed by atoms with Crippen LogP contribution in [0.2, 0.25) is 0 Å². The lowest BCUT2D eigenvalue weighted by atomic mass is 9.93. The molecule has 6 heteroatoms. The number of nitrogens with zero attached hydrogens (tertiary/aromatic N) is 4. The molecule has 1 atom stereocenters. The van der Waals surface area contributed by atoms with E-state index in [9.17, 15) is 4.39 Å². The number of pyridine rings is 1. The molecule has 0 fully saturated rings. The van der Waals surface area contributed by atoms with Crippen molar-refractivity contribution in [1.29, 1.82) is 0 Å². The number of halogens is 1. The van der Waals surface area contributed by atoms with Crippen molar-refractivity contribution >= 4 is 10.9 Å². The highest BCUT2D eigenvalue weighted by molar-refractivity contribution is 5.82. The van der Waals surface area contributed by atoms with Crippen molar-refractivity contribution in [3.8, 4) is 0 Å². The second-order valence-electron chi connectivity index (χ2n) is 7.16. The van der Waals surface area contributed by atoms with E-state index < -0.39 is 0 Å². The molecular weight excluding hydrogens is 355 g/mol. The highest BCUT2D eigenvalue weighted by atomic mass is 19.1. The summed E-state index contributed by atoms with van der Waals surface area (Å²) in [6.07, 6.45) is 2.50. The molecule has 0 saturated heterocycles. The SMILES string of the molecule is Cc1nnc(C2Cc3ccccc3CN2Cc2ccc(F)c3cccnc23)o1. The van der Waals surface area contributed by atoms with Crippen molar-refractivity contribution < 1.29 is 8.81 Å². The molecule has 1 aliphatic rings. The summed E-state index contributed by atoms with van der Waals surface area (Å²) in [4.78, 5) is 6.74. The molecule has 0 saturated carbocycles. The van der Waals surface area contributed by atoms with Crippen molar-refractivity contribution in [3.05, 3.63) is 89.0 Å². The molecule has 1 aliphatic heterocycles. The quantitative estimate of drug-likeness (QED) is 0.533. The second-order valence-corrected chi connectivity index (χ2v) is 7.16. The van der Waals surface area contributed by atoms with Gasteiger partial charge in [0.1, 0.15) is 5.82 Å². The van der Waals surface area contributed by atoms with Gasteiger partial charge >= 0.3 is 0 Å². The third kappa shape index (κ3) is 2.96. The predicted octanol–water partition coefficient (Wildman–Crippen LogP) is 4.36. The van der Waals surface area contributed by atoms with Crippen molar-refractivity contribution in [3.63, 3.8) is 0 Å². The smallest absolute Gasteiger partial charge is 0.233 e. The molecule has 4 aromatic rings. The molecule has 2 aromatic heterocycles. The Morgan fingerprint density at radius 2 is 1.93 bits per heavy atom. The highest BCUT2D eigenvalue weighted by Gasteiger charge is 2.31. The van der Waals surface area contributed by atoms with Gasteiger partial charge in [0.15, 0.2) is 0 Å². The molecule has 5 rings (SSSR count). The van der Waals surface area contributed by atoms with Crippen LogP contribution in [0.3, 0.4) is 0 Å². The van der Waals surface area contributed by atoms with Crippen LogP contribution in [0, 0.1) is 12.7 Å². The first-order valence-corrected chi connectivity index (χ1v) is 9.32. The fourth-order valence-corrected chi connectivity index (χ4v) is 3.98. The number of aromatic nitrogens is 3. The average molecular weight is 374 g/mol. The van der Waals surface area contributed by atoms with Crippen LogP contribution < -0.4 is 0 Å². The zero-order chi connectivity index (χ0) is 19.1. The van der Waals surface area contributed by atoms with E-state index in [1.54, 1.807) is 25.3 Å². The fourth-order valence-electron chi connectivity index (χ4n) is 3.98. The van der Waals surface area contributed by atoms with Crippen LogP contribution in [0.15, 0.2) is 59.1 Å². The Morgan fingerprint density at radius 3 is 2.75 bits per heavy atom. The summed E-state index contributed by atoms with van der Waals surface area (Å²) in [6, 6.07) is 15.3. The number of fused-ring (bicyclic) bond motifs is 2. The summed E-state index contributed by atoms with van der Waals surface area (Å²) >= 11 is 0. The summed E-state index contributed by atoms with van der Waals surface area (Å²) in [5.74, 6) is 0.925. The maximum atomic E-state index is 14.2. The minimum absolute atomic E-state index is 0.0279. The molecule has 1 unspecified atom stereocenters. The zero-order valence-electron chi connectivity index (χ0n) is 15.5. The van der Waals surface area contributed by atoms with E-state index in [0.29, 0.717) is 29.2 Å². The third-order valence-corrected chi connectivity index (χ3v) is 5.35. The molecule has 0 aliphatic carbocycles. The Kier molecular flexibility index (Phi) is 4.13. The lowest BCUT2D eigenvalue weighted by molar-refractivity contribution is 0.138. The molecule has 140 valence electrons. The van der Waals surface area contributed by atoms with Crippen LogP contribution in [-0.4, -0.2) is 20.1 Å². The summed E-state index contributed by atoms with van der Waals surface area (Å²) in [5, 5.41) is 8.84. The molecule has 0 spiro atoms. The molecule has 28 heavy (non-hydrogen) atoms. The molecule has 0 radical (unpaired) electrons. The minimum Gasteiger partial charge on any atom is -0.424 e. The molecular formula is C22H19FN4O. The van der Waals surface area contributed by atoms with E-state index in [1.165, 1.54) is 17.2 Å². The number of aryl methyl sites for hydroxylation is 1. The van der Waals surface area contributed by atoms with Crippen molar-refractivity contribution in [1.82, 2.24) is 20.1 Å². The van der Waals surface area contributed by atoms with E-state index in [4.69, 9.17) is 4.42 Å². The van der Waals surface area contributed by atoms with Gasteiger partial charge in [0, 0.05) is 31.6 Å². The van der Waals surface area contributed by atoms with Crippen LogP contribution in [0.5, 0.6) is 0 Å².